The largest absolute Gasteiger partial charge is 0.394 e. The van der Waals surface area contributed by atoms with Crippen LogP contribution in [0.1, 0.15) is 18.2 Å². The van der Waals surface area contributed by atoms with Gasteiger partial charge in [-0.2, -0.15) is 12.6 Å². The zero-order valence-corrected chi connectivity index (χ0v) is 13.0. The van der Waals surface area contributed by atoms with Gasteiger partial charge < -0.3 is 19.7 Å². The summed E-state index contributed by atoms with van der Waals surface area (Å²) in [6.07, 6.45) is -1.65. The Balaban J connectivity index is 2.31. The Morgan fingerprint density at radius 2 is 2.23 bits per heavy atom. The van der Waals surface area contributed by atoms with Crippen LogP contribution in [0.2, 0.25) is 0 Å². The van der Waals surface area contributed by atoms with Crippen LogP contribution < -0.4 is 11.2 Å². The SMILES string of the molecule is Cc1cn([C@H]2O[C@@H](CO)C(O)C2OCCCS)c(=O)[nH]c1=O. The van der Waals surface area contributed by atoms with Crippen molar-refractivity contribution in [3.05, 3.63) is 32.6 Å². The number of aryl methyl sites for hydroxylation is 1. The molecular weight excluding hydrogens is 312 g/mol. The maximum atomic E-state index is 12.0. The van der Waals surface area contributed by atoms with Gasteiger partial charge in [-0.25, -0.2) is 4.79 Å². The average molecular weight is 332 g/mol. The van der Waals surface area contributed by atoms with E-state index in [1.807, 2.05) is 0 Å². The predicted molar refractivity (Wildman–Crippen MR) is 81.3 cm³/mol. The van der Waals surface area contributed by atoms with Crippen LogP contribution in [0, 0.1) is 6.92 Å². The van der Waals surface area contributed by atoms with Crippen molar-refractivity contribution in [3.8, 4) is 0 Å². The minimum Gasteiger partial charge on any atom is -0.394 e. The van der Waals surface area contributed by atoms with Crippen LogP contribution in [0.15, 0.2) is 15.8 Å². The summed E-state index contributed by atoms with van der Waals surface area (Å²) in [5.41, 5.74) is -0.806. The number of aliphatic hydroxyl groups is 2. The highest BCUT2D eigenvalue weighted by Crippen LogP contribution is 2.30. The van der Waals surface area contributed by atoms with Crippen LogP contribution in [0.4, 0.5) is 0 Å². The molecule has 0 saturated carbocycles. The summed E-state index contributed by atoms with van der Waals surface area (Å²) in [4.78, 5) is 25.6. The summed E-state index contributed by atoms with van der Waals surface area (Å²) < 4.78 is 12.3. The van der Waals surface area contributed by atoms with Crippen LogP contribution in [0.25, 0.3) is 0 Å². The third-order valence-corrected chi connectivity index (χ3v) is 3.84. The Morgan fingerprint density at radius 1 is 1.50 bits per heavy atom. The van der Waals surface area contributed by atoms with E-state index in [0.29, 0.717) is 24.3 Å². The number of thiol groups is 1. The van der Waals surface area contributed by atoms with Gasteiger partial charge in [-0.1, -0.05) is 0 Å². The summed E-state index contributed by atoms with van der Waals surface area (Å²) in [6.45, 7) is 1.49. The van der Waals surface area contributed by atoms with E-state index in [9.17, 15) is 19.8 Å². The summed E-state index contributed by atoms with van der Waals surface area (Å²) in [5.74, 6) is 0.621. The third kappa shape index (κ3) is 3.44. The molecule has 124 valence electrons. The number of rotatable bonds is 6. The number of nitrogens with zero attached hydrogens (tertiary/aromatic N) is 1. The minimum absolute atomic E-state index is 0.333. The van der Waals surface area contributed by atoms with E-state index in [0.717, 1.165) is 0 Å². The van der Waals surface area contributed by atoms with Crippen molar-refractivity contribution in [3.63, 3.8) is 0 Å². The second kappa shape index (κ2) is 7.42. The molecule has 22 heavy (non-hydrogen) atoms. The Hall–Kier alpha value is -1.13. The molecule has 0 radical (unpaired) electrons. The normalized spacial score (nSPS) is 28.2. The maximum Gasteiger partial charge on any atom is 0.330 e. The first-order valence-corrected chi connectivity index (χ1v) is 7.61. The molecule has 9 heteroatoms. The van der Waals surface area contributed by atoms with Gasteiger partial charge in [0.1, 0.15) is 18.3 Å². The molecule has 2 heterocycles. The summed E-state index contributed by atoms with van der Waals surface area (Å²) in [5, 5.41) is 19.4. The molecule has 1 aromatic rings. The van der Waals surface area contributed by atoms with Gasteiger partial charge in [0.2, 0.25) is 0 Å². The number of aromatic amines is 1. The number of nitrogens with one attached hydrogen (secondary N) is 1. The molecule has 0 aliphatic carbocycles. The van der Waals surface area contributed by atoms with E-state index < -0.39 is 42.4 Å². The minimum atomic E-state index is -1.07. The number of H-pyrrole nitrogens is 1. The van der Waals surface area contributed by atoms with E-state index in [1.54, 1.807) is 6.92 Å². The first kappa shape index (κ1) is 17.2. The van der Waals surface area contributed by atoms with Crippen LogP contribution in [0.5, 0.6) is 0 Å². The quantitative estimate of drug-likeness (QED) is 0.384. The summed E-state index contributed by atoms with van der Waals surface area (Å²) in [7, 11) is 0. The molecular formula is C13H20N2O6S. The van der Waals surface area contributed by atoms with Crippen molar-refractivity contribution in [2.75, 3.05) is 19.0 Å². The standard InChI is InChI=1S/C13H20N2O6S/c1-7-5-15(13(19)14-11(7)18)12-10(20-3-2-4-22)9(17)8(6-16)21-12/h5,8-10,12,16-17,22H,2-4,6H2,1H3,(H,14,18,19)/t8-,9?,10?,12-/m0/s1. The first-order chi connectivity index (χ1) is 10.5. The zero-order chi connectivity index (χ0) is 16.3. The molecule has 2 rings (SSSR count). The Kier molecular flexibility index (Phi) is 5.81. The lowest BCUT2D eigenvalue weighted by molar-refractivity contribution is -0.0741. The monoisotopic (exact) mass is 332 g/mol. The van der Waals surface area contributed by atoms with Crippen molar-refractivity contribution in [1.29, 1.82) is 0 Å². The molecule has 0 aromatic carbocycles. The van der Waals surface area contributed by atoms with E-state index in [2.05, 4.69) is 17.6 Å². The molecule has 1 aliphatic heterocycles. The van der Waals surface area contributed by atoms with Gasteiger partial charge >= 0.3 is 5.69 Å². The van der Waals surface area contributed by atoms with Crippen molar-refractivity contribution in [2.45, 2.75) is 37.9 Å². The average Bonchev–Trinajstić information content (AvgIpc) is 2.80. The van der Waals surface area contributed by atoms with E-state index in [-0.39, 0.29) is 0 Å². The van der Waals surface area contributed by atoms with Crippen LogP contribution >= 0.6 is 12.6 Å². The van der Waals surface area contributed by atoms with Gasteiger partial charge in [0, 0.05) is 18.4 Å². The fraction of sp³-hybridized carbons (Fsp3) is 0.692. The summed E-state index contributed by atoms with van der Waals surface area (Å²) in [6, 6.07) is 0. The third-order valence-electron chi connectivity index (χ3n) is 3.53. The highest BCUT2D eigenvalue weighted by Gasteiger charge is 2.45. The van der Waals surface area contributed by atoms with Crippen LogP contribution in [-0.2, 0) is 9.47 Å². The van der Waals surface area contributed by atoms with Gasteiger partial charge in [0.25, 0.3) is 5.56 Å². The lowest BCUT2D eigenvalue weighted by Crippen LogP contribution is -2.40. The fourth-order valence-corrected chi connectivity index (χ4v) is 2.46. The topological polar surface area (TPSA) is 114 Å². The van der Waals surface area contributed by atoms with E-state index in [4.69, 9.17) is 9.47 Å². The second-order valence-electron chi connectivity index (χ2n) is 5.13. The number of hydrogen-bond donors (Lipinski definition) is 4. The lowest BCUT2D eigenvalue weighted by atomic mass is 10.1. The molecule has 0 bridgehead atoms. The molecule has 0 amide bonds. The van der Waals surface area contributed by atoms with Crippen molar-refractivity contribution < 1.29 is 19.7 Å². The van der Waals surface area contributed by atoms with Crippen LogP contribution in [0.3, 0.4) is 0 Å². The molecule has 2 unspecified atom stereocenters. The van der Waals surface area contributed by atoms with Gasteiger partial charge in [0.15, 0.2) is 6.23 Å². The fourth-order valence-electron chi connectivity index (χ4n) is 2.33. The van der Waals surface area contributed by atoms with Gasteiger partial charge in [-0.3, -0.25) is 14.3 Å². The smallest absolute Gasteiger partial charge is 0.330 e. The second-order valence-corrected chi connectivity index (χ2v) is 5.58. The van der Waals surface area contributed by atoms with Crippen molar-refractivity contribution >= 4 is 12.6 Å². The Morgan fingerprint density at radius 3 is 2.86 bits per heavy atom. The molecule has 1 saturated heterocycles. The molecule has 1 aromatic heterocycles. The zero-order valence-electron chi connectivity index (χ0n) is 12.1. The predicted octanol–water partition coefficient (Wildman–Crippen LogP) is -1.20. The Bertz CT molecular complexity index is 615. The summed E-state index contributed by atoms with van der Waals surface area (Å²) >= 11 is 4.08. The van der Waals surface area contributed by atoms with E-state index in [1.165, 1.54) is 10.8 Å². The lowest BCUT2D eigenvalue weighted by Gasteiger charge is -2.22. The Labute approximate surface area is 132 Å². The first-order valence-electron chi connectivity index (χ1n) is 6.98. The highest BCUT2D eigenvalue weighted by atomic mass is 32.1. The molecule has 3 N–H and O–H groups in total. The molecule has 8 nitrogen and oxygen atoms in total. The van der Waals surface area contributed by atoms with Crippen molar-refractivity contribution in [1.82, 2.24) is 9.55 Å². The number of aliphatic hydroxyl groups excluding tert-OH is 2. The number of hydrogen-bond acceptors (Lipinski definition) is 7. The van der Waals surface area contributed by atoms with E-state index >= 15 is 0 Å². The van der Waals surface area contributed by atoms with Gasteiger partial charge in [-0.15, -0.1) is 0 Å². The number of aromatic nitrogens is 2. The molecule has 1 fully saturated rings. The van der Waals surface area contributed by atoms with Crippen molar-refractivity contribution in [2.24, 2.45) is 0 Å². The maximum absolute atomic E-state index is 12.0. The number of ether oxygens (including phenoxy) is 2. The highest BCUT2D eigenvalue weighted by molar-refractivity contribution is 7.80. The molecule has 0 spiro atoms. The van der Waals surface area contributed by atoms with Gasteiger partial charge in [0.05, 0.1) is 6.61 Å². The van der Waals surface area contributed by atoms with Crippen LogP contribution in [-0.4, -0.2) is 57.0 Å². The van der Waals surface area contributed by atoms with Gasteiger partial charge in [-0.05, 0) is 19.1 Å². The molecule has 1 aliphatic rings. The molecule has 4 atom stereocenters.